The summed E-state index contributed by atoms with van der Waals surface area (Å²) in [4.78, 5) is 16.0. The van der Waals surface area contributed by atoms with Crippen LogP contribution < -0.4 is 4.74 Å². The van der Waals surface area contributed by atoms with Crippen LogP contribution in [-0.4, -0.2) is 41.3 Å². The predicted molar refractivity (Wildman–Crippen MR) is 146 cm³/mol. The number of nitrogens with zero attached hydrogens (tertiary/aromatic N) is 2. The van der Waals surface area contributed by atoms with E-state index in [9.17, 15) is 4.79 Å². The lowest BCUT2D eigenvalue weighted by molar-refractivity contribution is 0.103. The minimum absolute atomic E-state index is 0. The summed E-state index contributed by atoms with van der Waals surface area (Å²) in [5.41, 5.74) is 3.44. The summed E-state index contributed by atoms with van der Waals surface area (Å²) in [6.45, 7) is 10.5. The van der Waals surface area contributed by atoms with Crippen molar-refractivity contribution in [3.63, 3.8) is 0 Å². The van der Waals surface area contributed by atoms with Crippen molar-refractivity contribution in [2.45, 2.75) is 46.5 Å². The van der Waals surface area contributed by atoms with E-state index in [4.69, 9.17) is 4.74 Å². The van der Waals surface area contributed by atoms with Gasteiger partial charge in [0.2, 0.25) is 5.78 Å². The van der Waals surface area contributed by atoms with Crippen molar-refractivity contribution < 1.29 is 9.53 Å². The molecule has 0 saturated heterocycles. The first-order valence-corrected chi connectivity index (χ1v) is 13.1. The van der Waals surface area contributed by atoms with E-state index >= 15 is 0 Å². The van der Waals surface area contributed by atoms with E-state index in [0.717, 1.165) is 63.9 Å². The number of pyridine rings is 1. The van der Waals surface area contributed by atoms with Crippen molar-refractivity contribution in [1.82, 2.24) is 9.30 Å². The number of hydrogen-bond acceptors (Lipinski definition) is 3. The van der Waals surface area contributed by atoms with Crippen LogP contribution in [0.25, 0.3) is 5.52 Å². The smallest absolute Gasteiger partial charge is 0.210 e. The standard InChI is InChI=1S/C26H32Br2N2O2.ClH/c1-4-11-29(12-5-2)13-9-15-32-26-22(27)17-20(18-23(26)28)25(31)24-19(6-3)16-21-10-7-8-14-30(21)24;/h7-8,10,14,16-18H,4-6,9,11-13,15H2,1-3H3;1H. The molecule has 2 aromatic heterocycles. The van der Waals surface area contributed by atoms with Crippen LogP contribution in [0.5, 0.6) is 5.75 Å². The Morgan fingerprint density at radius 2 is 1.67 bits per heavy atom. The van der Waals surface area contributed by atoms with Gasteiger partial charge in [-0.2, -0.15) is 0 Å². The Bertz CT molecular complexity index is 1040. The van der Waals surface area contributed by atoms with Crippen molar-refractivity contribution in [2.24, 2.45) is 0 Å². The quantitative estimate of drug-likeness (QED) is 0.159. The highest BCUT2D eigenvalue weighted by Gasteiger charge is 2.21. The van der Waals surface area contributed by atoms with Crippen LogP contribution in [0.3, 0.4) is 0 Å². The molecule has 0 unspecified atom stereocenters. The summed E-state index contributed by atoms with van der Waals surface area (Å²) in [5.74, 6) is 0.755. The second-order valence-corrected chi connectivity index (χ2v) is 9.72. The minimum Gasteiger partial charge on any atom is -0.491 e. The van der Waals surface area contributed by atoms with Crippen LogP contribution in [0.4, 0.5) is 0 Å². The van der Waals surface area contributed by atoms with Gasteiger partial charge in [0.05, 0.1) is 21.2 Å². The number of benzene rings is 1. The molecule has 1 aromatic carbocycles. The molecule has 3 rings (SSSR count). The number of hydrogen-bond donors (Lipinski definition) is 0. The summed E-state index contributed by atoms with van der Waals surface area (Å²) in [6.07, 6.45) is 6.06. The number of rotatable bonds is 12. The Kier molecular flexibility index (Phi) is 11.4. The van der Waals surface area contributed by atoms with Gasteiger partial charge in [-0.15, -0.1) is 12.4 Å². The van der Waals surface area contributed by atoms with Crippen LogP contribution in [0, 0.1) is 0 Å². The van der Waals surface area contributed by atoms with E-state index < -0.39 is 0 Å². The van der Waals surface area contributed by atoms with Gasteiger partial charge in [0.25, 0.3) is 0 Å². The van der Waals surface area contributed by atoms with Gasteiger partial charge in [-0.25, -0.2) is 0 Å². The molecule has 3 aromatic rings. The van der Waals surface area contributed by atoms with Crippen molar-refractivity contribution >= 4 is 55.6 Å². The number of carbonyl (C=O) groups excluding carboxylic acids is 1. The molecule has 33 heavy (non-hydrogen) atoms. The molecule has 0 aliphatic carbocycles. The molecule has 0 bridgehead atoms. The largest absolute Gasteiger partial charge is 0.491 e. The van der Waals surface area contributed by atoms with E-state index in [0.29, 0.717) is 12.2 Å². The topological polar surface area (TPSA) is 34.0 Å². The third-order valence-corrected chi connectivity index (χ3v) is 6.74. The number of fused-ring (bicyclic) bond motifs is 1. The average molecular weight is 601 g/mol. The zero-order valence-corrected chi connectivity index (χ0v) is 23.6. The summed E-state index contributed by atoms with van der Waals surface area (Å²) in [5, 5.41) is 0. The van der Waals surface area contributed by atoms with Gasteiger partial charge in [0.15, 0.2) is 0 Å². The maximum atomic E-state index is 13.5. The number of aromatic nitrogens is 1. The summed E-state index contributed by atoms with van der Waals surface area (Å²) >= 11 is 7.24. The van der Waals surface area contributed by atoms with Crippen molar-refractivity contribution in [2.75, 3.05) is 26.2 Å². The zero-order chi connectivity index (χ0) is 23.1. The van der Waals surface area contributed by atoms with Crippen molar-refractivity contribution in [3.8, 4) is 5.75 Å². The molecule has 0 N–H and O–H groups in total. The summed E-state index contributed by atoms with van der Waals surface area (Å²) in [6, 6.07) is 11.8. The lowest BCUT2D eigenvalue weighted by Gasteiger charge is -2.21. The van der Waals surface area contributed by atoms with Gasteiger partial charge in [-0.3, -0.25) is 4.79 Å². The first-order valence-electron chi connectivity index (χ1n) is 11.5. The molecule has 0 amide bonds. The van der Waals surface area contributed by atoms with Gasteiger partial charge >= 0.3 is 0 Å². The molecule has 0 atom stereocenters. The van der Waals surface area contributed by atoms with Gasteiger partial charge in [0.1, 0.15) is 5.75 Å². The highest BCUT2D eigenvalue weighted by atomic mass is 79.9. The number of carbonyl (C=O) groups is 1. The highest BCUT2D eigenvalue weighted by molar-refractivity contribution is 9.11. The second-order valence-electron chi connectivity index (χ2n) is 8.01. The molecule has 7 heteroatoms. The van der Waals surface area contributed by atoms with Crippen LogP contribution in [0.15, 0.2) is 51.5 Å². The number of halogens is 3. The molecule has 0 aliphatic rings. The van der Waals surface area contributed by atoms with Crippen LogP contribution in [-0.2, 0) is 6.42 Å². The third-order valence-electron chi connectivity index (χ3n) is 5.56. The van der Waals surface area contributed by atoms with E-state index in [2.05, 4.69) is 63.6 Å². The molecule has 0 aliphatic heterocycles. The lowest BCUT2D eigenvalue weighted by Crippen LogP contribution is -2.27. The molecule has 2 heterocycles. The van der Waals surface area contributed by atoms with Crippen molar-refractivity contribution in [1.29, 1.82) is 0 Å². The summed E-state index contributed by atoms with van der Waals surface area (Å²) < 4.78 is 9.63. The molecule has 0 spiro atoms. The van der Waals surface area contributed by atoms with Crippen LogP contribution in [0.2, 0.25) is 0 Å². The van der Waals surface area contributed by atoms with E-state index in [1.165, 1.54) is 12.8 Å². The number of ketones is 1. The molecular formula is C26H33Br2ClN2O2. The fourth-order valence-corrected chi connectivity index (χ4v) is 5.52. The maximum absolute atomic E-state index is 13.5. The molecule has 0 fully saturated rings. The van der Waals surface area contributed by atoms with Crippen LogP contribution >= 0.6 is 44.3 Å². The fourth-order valence-electron chi connectivity index (χ4n) is 4.10. The van der Waals surface area contributed by atoms with E-state index in [-0.39, 0.29) is 18.2 Å². The highest BCUT2D eigenvalue weighted by Crippen LogP contribution is 2.36. The fraction of sp³-hybridized carbons (Fsp3) is 0.423. The Morgan fingerprint density at radius 1 is 1.00 bits per heavy atom. The molecule has 180 valence electrons. The third kappa shape index (κ3) is 6.84. The SMILES string of the molecule is CCCN(CCC)CCCOc1c(Br)cc(C(=O)c2c(CC)cc3ccccn23)cc1Br.Cl. The Hall–Kier alpha value is -1.34. The Labute approximate surface area is 220 Å². The normalized spacial score (nSPS) is 11.1. The van der Waals surface area contributed by atoms with Gasteiger partial charge in [0, 0.05) is 23.8 Å². The Balaban J connectivity index is 0.00000385. The van der Waals surface area contributed by atoms with Gasteiger partial charge in [-0.05, 0) is 107 Å². The first-order chi connectivity index (χ1) is 15.5. The zero-order valence-electron chi connectivity index (χ0n) is 19.6. The van der Waals surface area contributed by atoms with Crippen LogP contribution in [0.1, 0.15) is 61.6 Å². The van der Waals surface area contributed by atoms with E-state index in [1.807, 2.05) is 40.9 Å². The van der Waals surface area contributed by atoms with Gasteiger partial charge < -0.3 is 14.0 Å². The molecule has 0 radical (unpaired) electrons. The van der Waals surface area contributed by atoms with Crippen molar-refractivity contribution in [3.05, 3.63) is 68.4 Å². The summed E-state index contributed by atoms with van der Waals surface area (Å²) in [7, 11) is 0. The predicted octanol–water partition coefficient (Wildman–Crippen LogP) is 7.57. The first kappa shape index (κ1) is 27.9. The lowest BCUT2D eigenvalue weighted by atomic mass is 10.0. The number of ether oxygens (including phenoxy) is 1. The molecule has 0 saturated carbocycles. The monoisotopic (exact) mass is 598 g/mol. The maximum Gasteiger partial charge on any atom is 0.210 e. The minimum atomic E-state index is 0. The number of aryl methyl sites for hydroxylation is 1. The van der Waals surface area contributed by atoms with E-state index in [1.54, 1.807) is 0 Å². The van der Waals surface area contributed by atoms with Gasteiger partial charge in [-0.1, -0.05) is 26.8 Å². The second kappa shape index (κ2) is 13.5. The molecular weight excluding hydrogens is 568 g/mol. The molecule has 4 nitrogen and oxygen atoms in total. The average Bonchev–Trinajstić information content (AvgIpc) is 3.16. The Morgan fingerprint density at radius 3 is 2.27 bits per heavy atom.